The fourth-order valence-electron chi connectivity index (χ4n) is 1.28. The zero-order valence-corrected chi connectivity index (χ0v) is 10.9. The lowest BCUT2D eigenvalue weighted by atomic mass is 9.86. The normalized spacial score (nSPS) is 14.7. The molecule has 1 atom stereocenters. The molecule has 0 aromatic heterocycles. The van der Waals surface area contributed by atoms with Gasteiger partial charge in [0.2, 0.25) is 0 Å². The molecule has 0 saturated carbocycles. The number of alkyl halides is 1. The van der Waals surface area contributed by atoms with Gasteiger partial charge in [-0.05, 0) is 24.0 Å². The summed E-state index contributed by atoms with van der Waals surface area (Å²) in [5.74, 6) is -0.253. The van der Waals surface area contributed by atoms with Crippen molar-refractivity contribution in [1.29, 1.82) is 0 Å². The van der Waals surface area contributed by atoms with Crippen molar-refractivity contribution in [2.75, 3.05) is 5.33 Å². The lowest BCUT2D eigenvalue weighted by molar-refractivity contribution is 0.476. The zero-order chi connectivity index (χ0) is 11.5. The van der Waals surface area contributed by atoms with Gasteiger partial charge in [0.1, 0.15) is 5.82 Å². The Bertz CT molecular complexity index is 344. The van der Waals surface area contributed by atoms with Crippen LogP contribution < -0.4 is 0 Å². The summed E-state index contributed by atoms with van der Waals surface area (Å²) in [5.41, 5.74) is 0.382. The molecule has 1 aromatic carbocycles. The van der Waals surface area contributed by atoms with E-state index in [0.29, 0.717) is 17.0 Å². The van der Waals surface area contributed by atoms with Gasteiger partial charge in [-0.15, -0.1) is 6.58 Å². The Balaban J connectivity index is 3.03. The number of rotatable bonds is 4. The third kappa shape index (κ3) is 3.05. The number of hydrogen-bond donors (Lipinski definition) is 0. The number of halogens is 3. The molecule has 0 N–H and O–H groups in total. The van der Waals surface area contributed by atoms with Crippen LogP contribution in [0.3, 0.4) is 0 Å². The molecule has 0 aliphatic rings. The third-order valence-electron chi connectivity index (χ3n) is 2.44. The highest BCUT2D eigenvalue weighted by atomic mass is 79.9. The van der Waals surface area contributed by atoms with E-state index in [0.717, 1.165) is 5.33 Å². The second-order valence-electron chi connectivity index (χ2n) is 3.87. The monoisotopic (exact) mass is 290 g/mol. The fourth-order valence-corrected chi connectivity index (χ4v) is 1.94. The summed E-state index contributed by atoms with van der Waals surface area (Å²) in [6.45, 7) is 5.78. The van der Waals surface area contributed by atoms with Crippen molar-refractivity contribution >= 4 is 27.5 Å². The molecule has 1 rings (SSSR count). The van der Waals surface area contributed by atoms with Crippen molar-refractivity contribution in [2.45, 2.75) is 13.3 Å². The van der Waals surface area contributed by atoms with Crippen LogP contribution >= 0.6 is 27.5 Å². The second kappa shape index (κ2) is 5.13. The fraction of sp³-hybridized carbons (Fsp3) is 0.333. The predicted molar refractivity (Wildman–Crippen MR) is 67.2 cm³/mol. The first-order valence-electron chi connectivity index (χ1n) is 4.65. The summed E-state index contributed by atoms with van der Waals surface area (Å²) < 4.78 is 13.5. The van der Waals surface area contributed by atoms with Crippen LogP contribution in [0.25, 0.3) is 0 Å². The van der Waals surface area contributed by atoms with Crippen LogP contribution in [-0.4, -0.2) is 5.33 Å². The summed E-state index contributed by atoms with van der Waals surface area (Å²) in [7, 11) is 0. The Kier molecular flexibility index (Phi) is 4.35. The zero-order valence-electron chi connectivity index (χ0n) is 8.56. The van der Waals surface area contributed by atoms with Crippen molar-refractivity contribution in [3.05, 3.63) is 47.3 Å². The molecular formula is C12H13BrClF. The van der Waals surface area contributed by atoms with Crippen molar-refractivity contribution < 1.29 is 4.39 Å². The molecule has 0 aliphatic carbocycles. The molecule has 0 spiro atoms. The minimum absolute atomic E-state index is 0.175. The molecule has 0 amide bonds. The summed E-state index contributed by atoms with van der Waals surface area (Å²) in [6.07, 6.45) is 2.37. The molecule has 0 bridgehead atoms. The van der Waals surface area contributed by atoms with E-state index in [1.165, 1.54) is 6.07 Å². The van der Waals surface area contributed by atoms with Gasteiger partial charge in [-0.3, -0.25) is 0 Å². The SMILES string of the molecule is C=CC(C)(CBr)Cc1c(F)cccc1Cl. The van der Waals surface area contributed by atoms with Crippen LogP contribution in [0.1, 0.15) is 12.5 Å². The van der Waals surface area contributed by atoms with Gasteiger partial charge in [-0.25, -0.2) is 4.39 Å². The Hall–Kier alpha value is -0.340. The van der Waals surface area contributed by atoms with E-state index in [-0.39, 0.29) is 11.2 Å². The van der Waals surface area contributed by atoms with E-state index < -0.39 is 0 Å². The van der Waals surface area contributed by atoms with Gasteiger partial charge >= 0.3 is 0 Å². The smallest absolute Gasteiger partial charge is 0.127 e. The van der Waals surface area contributed by atoms with Crippen molar-refractivity contribution in [3.63, 3.8) is 0 Å². The molecule has 0 aliphatic heterocycles. The Morgan fingerprint density at radius 2 is 2.27 bits per heavy atom. The van der Waals surface area contributed by atoms with Crippen LogP contribution in [0.4, 0.5) is 4.39 Å². The minimum atomic E-state index is -0.253. The molecule has 1 unspecified atom stereocenters. The van der Waals surface area contributed by atoms with Gasteiger partial charge in [0.15, 0.2) is 0 Å². The first-order valence-corrected chi connectivity index (χ1v) is 6.15. The molecule has 0 fully saturated rings. The molecule has 0 radical (unpaired) electrons. The number of benzene rings is 1. The van der Waals surface area contributed by atoms with Crippen LogP contribution in [0.15, 0.2) is 30.9 Å². The summed E-state index contributed by atoms with van der Waals surface area (Å²) in [6, 6.07) is 4.75. The van der Waals surface area contributed by atoms with E-state index in [2.05, 4.69) is 22.5 Å². The molecular weight excluding hydrogens is 278 g/mol. The topological polar surface area (TPSA) is 0 Å². The Morgan fingerprint density at radius 1 is 1.60 bits per heavy atom. The van der Waals surface area contributed by atoms with Gasteiger partial charge in [0.05, 0.1) is 0 Å². The molecule has 15 heavy (non-hydrogen) atoms. The maximum atomic E-state index is 13.5. The van der Waals surface area contributed by atoms with E-state index in [1.807, 2.05) is 13.0 Å². The van der Waals surface area contributed by atoms with Gasteiger partial charge in [0.25, 0.3) is 0 Å². The van der Waals surface area contributed by atoms with Gasteiger partial charge in [0, 0.05) is 15.9 Å². The van der Waals surface area contributed by atoms with Crippen LogP contribution in [0.5, 0.6) is 0 Å². The van der Waals surface area contributed by atoms with Crippen LogP contribution in [0.2, 0.25) is 5.02 Å². The summed E-state index contributed by atoms with van der Waals surface area (Å²) in [4.78, 5) is 0. The average molecular weight is 292 g/mol. The summed E-state index contributed by atoms with van der Waals surface area (Å²) >= 11 is 9.36. The number of hydrogen-bond acceptors (Lipinski definition) is 0. The standard InChI is InChI=1S/C12H13BrClF/c1-3-12(2,8-13)7-9-10(14)5-4-6-11(9)15/h3-6H,1,7-8H2,2H3. The highest BCUT2D eigenvalue weighted by Gasteiger charge is 2.22. The van der Waals surface area contributed by atoms with Gasteiger partial charge in [-0.2, -0.15) is 0 Å². The van der Waals surface area contributed by atoms with E-state index in [4.69, 9.17) is 11.6 Å². The van der Waals surface area contributed by atoms with E-state index >= 15 is 0 Å². The predicted octanol–water partition coefficient (Wildman–Crippen LogP) is 4.61. The van der Waals surface area contributed by atoms with Crippen molar-refractivity contribution in [2.24, 2.45) is 5.41 Å². The average Bonchev–Trinajstić information content (AvgIpc) is 2.23. The minimum Gasteiger partial charge on any atom is -0.207 e. The molecule has 1 aromatic rings. The van der Waals surface area contributed by atoms with Crippen molar-refractivity contribution in [1.82, 2.24) is 0 Å². The molecule has 0 heterocycles. The molecule has 82 valence electrons. The lowest BCUT2D eigenvalue weighted by Crippen LogP contribution is -2.19. The quantitative estimate of drug-likeness (QED) is 0.561. The van der Waals surface area contributed by atoms with Crippen LogP contribution in [0, 0.1) is 11.2 Å². The van der Waals surface area contributed by atoms with E-state index in [9.17, 15) is 4.39 Å². The van der Waals surface area contributed by atoms with Gasteiger partial charge < -0.3 is 0 Å². The first kappa shape index (κ1) is 12.7. The lowest BCUT2D eigenvalue weighted by Gasteiger charge is -2.23. The van der Waals surface area contributed by atoms with E-state index in [1.54, 1.807) is 12.1 Å². The molecule has 3 heteroatoms. The second-order valence-corrected chi connectivity index (χ2v) is 4.84. The maximum Gasteiger partial charge on any atom is 0.127 e. The Morgan fingerprint density at radius 3 is 2.73 bits per heavy atom. The van der Waals surface area contributed by atoms with Crippen molar-refractivity contribution in [3.8, 4) is 0 Å². The largest absolute Gasteiger partial charge is 0.207 e. The summed E-state index contributed by atoms with van der Waals surface area (Å²) in [5, 5.41) is 1.21. The number of allylic oxidation sites excluding steroid dienone is 1. The molecule has 0 saturated heterocycles. The third-order valence-corrected chi connectivity index (χ3v) is 4.08. The molecule has 0 nitrogen and oxygen atoms in total. The highest BCUT2D eigenvalue weighted by molar-refractivity contribution is 9.09. The first-order chi connectivity index (χ1) is 7.02. The highest BCUT2D eigenvalue weighted by Crippen LogP contribution is 2.30. The Labute approximate surface area is 103 Å². The van der Waals surface area contributed by atoms with Crippen LogP contribution in [-0.2, 0) is 6.42 Å². The maximum absolute atomic E-state index is 13.5. The van der Waals surface area contributed by atoms with Gasteiger partial charge in [-0.1, -0.05) is 46.6 Å².